The molecule has 0 fully saturated rings. The van der Waals surface area contributed by atoms with Crippen LogP contribution in [0.25, 0.3) is 0 Å². The molecule has 0 aliphatic carbocycles. The highest BCUT2D eigenvalue weighted by atomic mass is 32.2. The summed E-state index contributed by atoms with van der Waals surface area (Å²) in [6.07, 6.45) is 0. The van der Waals surface area contributed by atoms with E-state index in [2.05, 4.69) is 11.9 Å². The summed E-state index contributed by atoms with van der Waals surface area (Å²) in [5.74, 6) is 0. The van der Waals surface area contributed by atoms with Gasteiger partial charge in [-0.3, -0.25) is 0 Å². The van der Waals surface area contributed by atoms with Crippen LogP contribution in [0.5, 0.6) is 0 Å². The Bertz CT molecular complexity index is 562. The summed E-state index contributed by atoms with van der Waals surface area (Å²) >= 11 is 1.36. The highest BCUT2D eigenvalue weighted by Crippen LogP contribution is 2.28. The minimum atomic E-state index is -3.41. The Hall–Kier alpha value is -0.690. The average Bonchev–Trinajstić information content (AvgIpc) is 2.75. The van der Waals surface area contributed by atoms with Crippen molar-refractivity contribution in [1.29, 1.82) is 0 Å². The van der Waals surface area contributed by atoms with Crippen molar-refractivity contribution in [2.75, 3.05) is 19.6 Å². The van der Waals surface area contributed by atoms with Gasteiger partial charge in [0.2, 0.25) is 0 Å². The molecule has 0 radical (unpaired) electrons. The van der Waals surface area contributed by atoms with Crippen LogP contribution in [0, 0.1) is 6.92 Å². The predicted octanol–water partition coefficient (Wildman–Crippen LogP) is 2.75. The third-order valence-electron chi connectivity index (χ3n) is 2.93. The lowest BCUT2D eigenvalue weighted by atomic mass is 10.3. The third-order valence-corrected chi connectivity index (χ3v) is 6.53. The zero-order valence-electron chi connectivity index (χ0n) is 12.7. The molecule has 0 atom stereocenters. The number of likely N-dealkylation sites (N-methyl/N-ethyl adjacent to an activating group) is 1. The molecule has 0 unspecified atom stereocenters. The maximum Gasteiger partial charge on any atom is 0.252 e. The van der Waals surface area contributed by atoms with Gasteiger partial charge in [-0.2, -0.15) is 4.31 Å². The first-order valence-corrected chi connectivity index (χ1v) is 9.03. The standard InChI is InChI=1S/C14H24N2O2S2/c1-6-15-9-13-12(5)8-14(19-13)20(17,18)16(7-2)10-11(3)4/h8,15H,3,6-7,9-10H2,1-2,4-5H3. The first-order chi connectivity index (χ1) is 9.32. The van der Waals surface area contributed by atoms with Crippen molar-refractivity contribution in [3.63, 3.8) is 0 Å². The van der Waals surface area contributed by atoms with E-state index in [4.69, 9.17) is 0 Å². The van der Waals surface area contributed by atoms with Crippen LogP contribution in [-0.4, -0.2) is 32.4 Å². The predicted molar refractivity (Wildman–Crippen MR) is 85.7 cm³/mol. The smallest absolute Gasteiger partial charge is 0.252 e. The van der Waals surface area contributed by atoms with Gasteiger partial charge in [-0.25, -0.2) is 8.42 Å². The molecular weight excluding hydrogens is 292 g/mol. The van der Waals surface area contributed by atoms with Gasteiger partial charge in [0.05, 0.1) is 0 Å². The molecular formula is C14H24N2O2S2. The van der Waals surface area contributed by atoms with Crippen LogP contribution in [-0.2, 0) is 16.6 Å². The molecule has 0 saturated carbocycles. The van der Waals surface area contributed by atoms with Crippen molar-refractivity contribution in [3.8, 4) is 0 Å². The summed E-state index contributed by atoms with van der Waals surface area (Å²) in [6, 6.07) is 1.77. The van der Waals surface area contributed by atoms with Gasteiger partial charge in [-0.1, -0.05) is 26.0 Å². The largest absolute Gasteiger partial charge is 0.312 e. The molecule has 20 heavy (non-hydrogen) atoms. The summed E-state index contributed by atoms with van der Waals surface area (Å²) in [5, 5.41) is 3.23. The second-order valence-electron chi connectivity index (χ2n) is 4.84. The van der Waals surface area contributed by atoms with E-state index in [0.29, 0.717) is 17.3 Å². The molecule has 1 heterocycles. The van der Waals surface area contributed by atoms with Crippen molar-refractivity contribution in [2.45, 2.75) is 38.4 Å². The van der Waals surface area contributed by atoms with Crippen LogP contribution >= 0.6 is 11.3 Å². The number of thiophene rings is 1. The Balaban J connectivity index is 3.05. The fourth-order valence-corrected chi connectivity index (χ4v) is 5.05. The first kappa shape index (κ1) is 17.4. The molecule has 6 heteroatoms. The SMILES string of the molecule is C=C(C)CN(CC)S(=O)(=O)c1cc(C)c(CNCC)s1. The summed E-state index contributed by atoms with van der Waals surface area (Å²) in [5.41, 5.74) is 1.87. The van der Waals surface area contributed by atoms with E-state index in [-0.39, 0.29) is 0 Å². The summed E-state index contributed by atoms with van der Waals surface area (Å²) < 4.78 is 27.1. The van der Waals surface area contributed by atoms with Gasteiger partial charge in [0, 0.05) is 24.5 Å². The second-order valence-corrected chi connectivity index (χ2v) is 8.14. The number of nitrogens with zero attached hydrogens (tertiary/aromatic N) is 1. The molecule has 0 bridgehead atoms. The van der Waals surface area contributed by atoms with Crippen LogP contribution in [0.15, 0.2) is 22.4 Å². The summed E-state index contributed by atoms with van der Waals surface area (Å²) in [4.78, 5) is 1.08. The molecule has 1 rings (SSSR count). The van der Waals surface area contributed by atoms with E-state index in [0.717, 1.165) is 29.1 Å². The fraction of sp³-hybridized carbons (Fsp3) is 0.571. The van der Waals surface area contributed by atoms with Gasteiger partial charge >= 0.3 is 0 Å². The molecule has 0 amide bonds. The Morgan fingerprint density at radius 2 is 2.10 bits per heavy atom. The Labute approximate surface area is 126 Å². The van der Waals surface area contributed by atoms with Gasteiger partial charge < -0.3 is 5.32 Å². The van der Waals surface area contributed by atoms with Crippen molar-refractivity contribution >= 4 is 21.4 Å². The number of nitrogens with one attached hydrogen (secondary N) is 1. The molecule has 1 N–H and O–H groups in total. The second kappa shape index (κ2) is 7.36. The van der Waals surface area contributed by atoms with E-state index in [1.54, 1.807) is 6.07 Å². The van der Waals surface area contributed by atoms with Crippen molar-refractivity contribution in [3.05, 3.63) is 28.7 Å². The van der Waals surface area contributed by atoms with E-state index < -0.39 is 10.0 Å². The molecule has 0 spiro atoms. The monoisotopic (exact) mass is 316 g/mol. The van der Waals surface area contributed by atoms with Crippen molar-refractivity contribution < 1.29 is 8.42 Å². The molecule has 0 saturated heterocycles. The normalized spacial score (nSPS) is 12.1. The van der Waals surface area contributed by atoms with E-state index in [1.165, 1.54) is 15.6 Å². The van der Waals surface area contributed by atoms with Crippen molar-refractivity contribution in [1.82, 2.24) is 9.62 Å². The molecule has 4 nitrogen and oxygen atoms in total. The molecule has 1 aromatic heterocycles. The fourth-order valence-electron chi connectivity index (χ4n) is 1.82. The minimum absolute atomic E-state index is 0.373. The molecule has 0 aromatic carbocycles. The van der Waals surface area contributed by atoms with E-state index in [9.17, 15) is 8.42 Å². The Morgan fingerprint density at radius 1 is 1.45 bits per heavy atom. The number of sulfonamides is 1. The van der Waals surface area contributed by atoms with Gasteiger partial charge in [0.25, 0.3) is 10.0 Å². The van der Waals surface area contributed by atoms with Gasteiger partial charge in [-0.05, 0) is 32.0 Å². The highest BCUT2D eigenvalue weighted by molar-refractivity contribution is 7.91. The third kappa shape index (κ3) is 4.15. The summed E-state index contributed by atoms with van der Waals surface area (Å²) in [7, 11) is -3.41. The molecule has 0 aliphatic rings. The van der Waals surface area contributed by atoms with Crippen LogP contribution in [0.3, 0.4) is 0 Å². The van der Waals surface area contributed by atoms with Crippen LogP contribution in [0.4, 0.5) is 0 Å². The number of hydrogen-bond donors (Lipinski definition) is 1. The quantitative estimate of drug-likeness (QED) is 0.750. The maximum atomic E-state index is 12.6. The lowest BCUT2D eigenvalue weighted by Crippen LogP contribution is -2.31. The Kier molecular flexibility index (Phi) is 6.39. The zero-order valence-corrected chi connectivity index (χ0v) is 14.3. The molecule has 114 valence electrons. The number of hydrogen-bond acceptors (Lipinski definition) is 4. The zero-order chi connectivity index (χ0) is 15.3. The van der Waals surface area contributed by atoms with Crippen LogP contribution in [0.1, 0.15) is 31.2 Å². The van der Waals surface area contributed by atoms with E-state index >= 15 is 0 Å². The van der Waals surface area contributed by atoms with Crippen LogP contribution < -0.4 is 5.32 Å². The summed E-state index contributed by atoms with van der Waals surface area (Å²) in [6.45, 7) is 13.9. The lowest BCUT2D eigenvalue weighted by molar-refractivity contribution is 0.454. The maximum absolute atomic E-state index is 12.6. The topological polar surface area (TPSA) is 49.4 Å². The van der Waals surface area contributed by atoms with Crippen molar-refractivity contribution in [2.24, 2.45) is 0 Å². The van der Waals surface area contributed by atoms with Crippen LogP contribution in [0.2, 0.25) is 0 Å². The lowest BCUT2D eigenvalue weighted by Gasteiger charge is -2.19. The number of aryl methyl sites for hydroxylation is 1. The minimum Gasteiger partial charge on any atom is -0.312 e. The first-order valence-electron chi connectivity index (χ1n) is 6.77. The Morgan fingerprint density at radius 3 is 2.60 bits per heavy atom. The van der Waals surface area contributed by atoms with Gasteiger partial charge in [0.1, 0.15) is 4.21 Å². The molecule has 0 aliphatic heterocycles. The average molecular weight is 316 g/mol. The number of rotatable bonds is 8. The highest BCUT2D eigenvalue weighted by Gasteiger charge is 2.25. The molecule has 1 aromatic rings. The van der Waals surface area contributed by atoms with Gasteiger partial charge in [0.15, 0.2) is 0 Å². The van der Waals surface area contributed by atoms with E-state index in [1.807, 2.05) is 27.7 Å². The van der Waals surface area contributed by atoms with Gasteiger partial charge in [-0.15, -0.1) is 11.3 Å².